The molecule has 0 saturated heterocycles. The Balaban J connectivity index is 2.54. The molecule has 0 aliphatic heterocycles. The first-order chi connectivity index (χ1) is 9.55. The second kappa shape index (κ2) is 8.52. The summed E-state index contributed by atoms with van der Waals surface area (Å²) < 4.78 is 4.69. The highest BCUT2D eigenvalue weighted by atomic mass is 32.2. The molecule has 0 bridgehead atoms. The fourth-order valence-corrected chi connectivity index (χ4v) is 2.26. The summed E-state index contributed by atoms with van der Waals surface area (Å²) in [4.78, 5) is 40.9. The van der Waals surface area contributed by atoms with Crippen molar-refractivity contribution in [3.05, 3.63) is 22.1 Å². The molecule has 7 heteroatoms. The quantitative estimate of drug-likeness (QED) is 0.337. The number of rotatable bonds is 8. The van der Waals surface area contributed by atoms with Crippen molar-refractivity contribution in [2.75, 3.05) is 12.4 Å². The minimum atomic E-state index is -0.528. The molecule has 0 radical (unpaired) electrons. The zero-order valence-corrected chi connectivity index (χ0v) is 12.4. The highest BCUT2D eigenvalue weighted by Gasteiger charge is 2.11. The van der Waals surface area contributed by atoms with Gasteiger partial charge in [-0.25, -0.2) is 4.98 Å². The Morgan fingerprint density at radius 1 is 1.40 bits per heavy atom. The monoisotopic (exact) mass is 298 g/mol. The number of thioether (sulfide) groups is 1. The Hall–Kier alpha value is -1.63. The number of hydrogen-bond acceptors (Lipinski definition) is 6. The number of H-pyrrole nitrogens is 1. The molecule has 0 fully saturated rings. The normalized spacial score (nSPS) is 10.3. The number of aromatic nitrogens is 2. The smallest absolute Gasteiger partial charge is 0.313 e. The van der Waals surface area contributed by atoms with E-state index in [9.17, 15) is 14.4 Å². The summed E-state index contributed by atoms with van der Waals surface area (Å²) in [5.41, 5.74) is 0.473. The zero-order chi connectivity index (χ0) is 15.0. The maximum Gasteiger partial charge on any atom is 0.313 e. The van der Waals surface area contributed by atoms with Crippen LogP contribution in [-0.2, 0) is 20.7 Å². The number of Topliss-reactive ketones (excluding diaryl/α,β-unsaturated/α-hetero) is 1. The number of esters is 1. The number of aromatic amines is 1. The second-order valence-electron chi connectivity index (χ2n) is 4.10. The largest absolute Gasteiger partial charge is 0.466 e. The summed E-state index contributed by atoms with van der Waals surface area (Å²) in [7, 11) is 0. The fourth-order valence-electron chi connectivity index (χ4n) is 1.51. The third-order valence-corrected chi connectivity index (χ3v) is 3.23. The number of ether oxygens (including phenoxy) is 1. The summed E-state index contributed by atoms with van der Waals surface area (Å²) in [5, 5.41) is 0.401. The van der Waals surface area contributed by atoms with Gasteiger partial charge in [-0.3, -0.25) is 14.4 Å². The minimum absolute atomic E-state index is 0.0807. The average molecular weight is 298 g/mol. The maximum absolute atomic E-state index is 11.6. The van der Waals surface area contributed by atoms with E-state index in [4.69, 9.17) is 4.74 Å². The summed E-state index contributed by atoms with van der Waals surface area (Å²) in [6, 6.07) is 1.45. The van der Waals surface area contributed by atoms with Crippen molar-refractivity contribution in [3.8, 4) is 0 Å². The Bertz CT molecular complexity index is 527. The van der Waals surface area contributed by atoms with Gasteiger partial charge in [0, 0.05) is 11.8 Å². The predicted octanol–water partition coefficient (Wildman–Crippen LogP) is 1.34. The number of hydrogen-bond donors (Lipinski definition) is 1. The molecule has 0 amide bonds. The standard InChI is InChI=1S/C13H18N2O4S/c1-3-5-9-6-11(17)15-13(14-9)20-8-10(16)7-12(18)19-4-2/h6H,3-5,7-8H2,1-2H3,(H,14,15,17). The van der Waals surface area contributed by atoms with Gasteiger partial charge in [-0.05, 0) is 13.3 Å². The van der Waals surface area contributed by atoms with Crippen LogP contribution in [0, 0.1) is 0 Å². The van der Waals surface area contributed by atoms with Crippen molar-refractivity contribution in [3.63, 3.8) is 0 Å². The SMILES string of the molecule is CCCc1cc(=O)[nH]c(SCC(=O)CC(=O)OCC)n1. The van der Waals surface area contributed by atoms with Gasteiger partial charge in [0.1, 0.15) is 6.42 Å². The summed E-state index contributed by atoms with van der Waals surface area (Å²) in [6.45, 7) is 3.94. The van der Waals surface area contributed by atoms with Crippen LogP contribution in [0.25, 0.3) is 0 Å². The Morgan fingerprint density at radius 3 is 2.80 bits per heavy atom. The Morgan fingerprint density at radius 2 is 2.15 bits per heavy atom. The molecular weight excluding hydrogens is 280 g/mol. The topological polar surface area (TPSA) is 89.1 Å². The van der Waals surface area contributed by atoms with Crippen LogP contribution in [-0.4, -0.2) is 34.1 Å². The highest BCUT2D eigenvalue weighted by molar-refractivity contribution is 7.99. The van der Waals surface area contributed by atoms with E-state index in [1.165, 1.54) is 6.07 Å². The van der Waals surface area contributed by atoms with E-state index in [2.05, 4.69) is 9.97 Å². The van der Waals surface area contributed by atoms with E-state index < -0.39 is 5.97 Å². The van der Waals surface area contributed by atoms with E-state index in [0.717, 1.165) is 18.2 Å². The van der Waals surface area contributed by atoms with Gasteiger partial charge >= 0.3 is 5.97 Å². The fraction of sp³-hybridized carbons (Fsp3) is 0.538. The number of aryl methyl sites for hydroxylation is 1. The molecule has 110 valence electrons. The number of nitrogens with one attached hydrogen (secondary N) is 1. The lowest BCUT2D eigenvalue weighted by Crippen LogP contribution is -2.14. The lowest BCUT2D eigenvalue weighted by Gasteiger charge is -2.03. The van der Waals surface area contributed by atoms with Gasteiger partial charge in [-0.2, -0.15) is 0 Å². The van der Waals surface area contributed by atoms with Crippen LogP contribution in [0.4, 0.5) is 0 Å². The van der Waals surface area contributed by atoms with Crippen LogP contribution in [0.5, 0.6) is 0 Å². The molecule has 1 aromatic rings. The molecule has 0 aliphatic rings. The van der Waals surface area contributed by atoms with Gasteiger partial charge in [0.2, 0.25) is 0 Å². The first kappa shape index (κ1) is 16.4. The van der Waals surface area contributed by atoms with Crippen molar-refractivity contribution in [2.24, 2.45) is 0 Å². The molecule has 0 unspecified atom stereocenters. The molecule has 20 heavy (non-hydrogen) atoms. The number of ketones is 1. The van der Waals surface area contributed by atoms with Gasteiger partial charge in [-0.1, -0.05) is 25.1 Å². The van der Waals surface area contributed by atoms with Crippen molar-refractivity contribution < 1.29 is 14.3 Å². The first-order valence-electron chi connectivity index (χ1n) is 6.45. The van der Waals surface area contributed by atoms with Crippen LogP contribution in [0.15, 0.2) is 16.0 Å². The maximum atomic E-state index is 11.6. The molecular formula is C13H18N2O4S. The lowest BCUT2D eigenvalue weighted by atomic mass is 10.2. The zero-order valence-electron chi connectivity index (χ0n) is 11.6. The predicted molar refractivity (Wildman–Crippen MR) is 75.8 cm³/mol. The van der Waals surface area contributed by atoms with Gasteiger partial charge in [0.25, 0.3) is 5.56 Å². The van der Waals surface area contributed by atoms with Gasteiger partial charge < -0.3 is 9.72 Å². The summed E-state index contributed by atoms with van der Waals surface area (Å²) >= 11 is 1.12. The van der Waals surface area contributed by atoms with E-state index in [0.29, 0.717) is 17.3 Å². The first-order valence-corrected chi connectivity index (χ1v) is 7.44. The van der Waals surface area contributed by atoms with Crippen LogP contribution in [0.1, 0.15) is 32.4 Å². The van der Waals surface area contributed by atoms with Crippen molar-refractivity contribution in [1.82, 2.24) is 9.97 Å². The van der Waals surface area contributed by atoms with Crippen molar-refractivity contribution >= 4 is 23.5 Å². The van der Waals surface area contributed by atoms with Crippen LogP contribution in [0.3, 0.4) is 0 Å². The van der Waals surface area contributed by atoms with Gasteiger partial charge in [0.05, 0.1) is 12.4 Å². The highest BCUT2D eigenvalue weighted by Crippen LogP contribution is 2.12. The van der Waals surface area contributed by atoms with Crippen LogP contribution in [0.2, 0.25) is 0 Å². The lowest BCUT2D eigenvalue weighted by molar-refractivity contribution is -0.145. The van der Waals surface area contributed by atoms with Gasteiger partial charge in [0.15, 0.2) is 10.9 Å². The number of carbonyl (C=O) groups is 2. The molecule has 0 spiro atoms. The minimum Gasteiger partial charge on any atom is -0.466 e. The molecule has 0 aromatic carbocycles. The molecule has 0 atom stereocenters. The Labute approximate surface area is 121 Å². The number of nitrogens with zero attached hydrogens (tertiary/aromatic N) is 1. The molecule has 6 nitrogen and oxygen atoms in total. The third-order valence-electron chi connectivity index (χ3n) is 2.30. The van der Waals surface area contributed by atoms with E-state index in [-0.39, 0.29) is 30.1 Å². The molecule has 1 rings (SSSR count). The van der Waals surface area contributed by atoms with E-state index >= 15 is 0 Å². The van der Waals surface area contributed by atoms with Crippen molar-refractivity contribution in [2.45, 2.75) is 38.3 Å². The van der Waals surface area contributed by atoms with Crippen molar-refractivity contribution in [1.29, 1.82) is 0 Å². The summed E-state index contributed by atoms with van der Waals surface area (Å²) in [6.07, 6.45) is 1.36. The summed E-state index contributed by atoms with van der Waals surface area (Å²) in [5.74, 6) is -0.701. The molecule has 1 aromatic heterocycles. The van der Waals surface area contributed by atoms with Crippen LogP contribution >= 0.6 is 11.8 Å². The number of carbonyl (C=O) groups excluding carboxylic acids is 2. The third kappa shape index (κ3) is 6.01. The molecule has 1 N–H and O–H groups in total. The molecule has 1 heterocycles. The second-order valence-corrected chi connectivity index (χ2v) is 5.07. The van der Waals surface area contributed by atoms with E-state index in [1.807, 2.05) is 6.92 Å². The average Bonchev–Trinajstić information content (AvgIpc) is 2.36. The molecule has 0 saturated carbocycles. The Kier molecular flexibility index (Phi) is 7.00. The van der Waals surface area contributed by atoms with E-state index in [1.54, 1.807) is 6.92 Å². The molecule has 0 aliphatic carbocycles. The van der Waals surface area contributed by atoms with Gasteiger partial charge in [-0.15, -0.1) is 0 Å². The van der Waals surface area contributed by atoms with Crippen LogP contribution < -0.4 is 5.56 Å².